The van der Waals surface area contributed by atoms with Crippen LogP contribution in [0.15, 0.2) is 48.5 Å². The highest BCUT2D eigenvalue weighted by Gasteiger charge is 2.17. The van der Waals surface area contributed by atoms with Gasteiger partial charge in [-0.2, -0.15) is 0 Å². The number of H-pyrrole nitrogens is 1. The van der Waals surface area contributed by atoms with E-state index in [0.717, 1.165) is 33.8 Å². The van der Waals surface area contributed by atoms with Gasteiger partial charge in [0.15, 0.2) is 0 Å². The predicted molar refractivity (Wildman–Crippen MR) is 125 cm³/mol. The van der Waals surface area contributed by atoms with Crippen LogP contribution >= 0.6 is 0 Å². The first-order valence-electron chi connectivity index (χ1n) is 10.9. The summed E-state index contributed by atoms with van der Waals surface area (Å²) < 4.78 is 2.51. The number of nitrogens with one attached hydrogen (secondary N) is 1. The van der Waals surface area contributed by atoms with Crippen LogP contribution in [-0.4, -0.2) is 19.5 Å². The molecule has 4 heteroatoms. The van der Waals surface area contributed by atoms with E-state index in [1.54, 1.807) is 0 Å². The lowest BCUT2D eigenvalue weighted by Gasteiger charge is -2.25. The average molecular weight is 393 g/mol. The van der Waals surface area contributed by atoms with E-state index in [1.165, 1.54) is 43.1 Å². The predicted octanol–water partition coefficient (Wildman–Crippen LogP) is 6.63. The van der Waals surface area contributed by atoms with Crippen LogP contribution in [0.4, 0.5) is 0 Å². The lowest BCUT2D eigenvalue weighted by Crippen LogP contribution is -2.12. The molecule has 30 heavy (non-hydrogen) atoms. The molecule has 8 bridgehead atoms. The zero-order valence-electron chi connectivity index (χ0n) is 16.9. The van der Waals surface area contributed by atoms with Gasteiger partial charge < -0.3 is 9.55 Å². The lowest BCUT2D eigenvalue weighted by molar-refractivity contribution is 0.367. The highest BCUT2D eigenvalue weighted by molar-refractivity contribution is 5.77. The van der Waals surface area contributed by atoms with Gasteiger partial charge in [-0.3, -0.25) is 0 Å². The molecule has 5 heterocycles. The van der Waals surface area contributed by atoms with Crippen molar-refractivity contribution < 1.29 is 0 Å². The third kappa shape index (κ3) is 3.28. The fourth-order valence-electron chi connectivity index (χ4n) is 4.81. The third-order valence-corrected chi connectivity index (χ3v) is 6.22. The Balaban J connectivity index is 1.65. The number of fused-ring (bicyclic) bond motifs is 8. The first-order chi connectivity index (χ1) is 14.8. The van der Waals surface area contributed by atoms with Crippen molar-refractivity contribution in [3.05, 3.63) is 71.3 Å². The molecule has 0 radical (unpaired) electrons. The van der Waals surface area contributed by atoms with Crippen molar-refractivity contribution in [2.45, 2.75) is 38.1 Å². The van der Waals surface area contributed by atoms with Gasteiger partial charge in [0.25, 0.3) is 0 Å². The molecule has 6 rings (SSSR count). The molecule has 148 valence electrons. The molecule has 0 atom stereocenters. The molecule has 0 spiro atoms. The van der Waals surface area contributed by atoms with Gasteiger partial charge in [-0.1, -0.05) is 19.3 Å². The zero-order valence-corrected chi connectivity index (χ0v) is 16.9. The fraction of sp³-hybridized carbons (Fsp3) is 0.231. The highest BCUT2D eigenvalue weighted by Crippen LogP contribution is 2.32. The number of hydrogen-bond donors (Lipinski definition) is 1. The topological polar surface area (TPSA) is 46.5 Å². The standard InChI is InChI=1S/C26H24N4/c1-2-4-24(5-3-1)30-25-12-13-26(30)17-23-11-9-21(29-23)15-19-7-6-18(27-19)14-20-8-10-22(16-25)28-20/h6-17,24,27H,1-5H2. The summed E-state index contributed by atoms with van der Waals surface area (Å²) in [5, 5.41) is 0. The van der Waals surface area contributed by atoms with Gasteiger partial charge in [0.05, 0.1) is 22.8 Å². The molecular formula is C26H24N4. The summed E-state index contributed by atoms with van der Waals surface area (Å²) in [4.78, 5) is 13.1. The van der Waals surface area contributed by atoms with E-state index in [4.69, 9.17) is 9.97 Å². The van der Waals surface area contributed by atoms with Gasteiger partial charge in [-0.05, 0) is 85.7 Å². The minimum absolute atomic E-state index is 0.544. The number of aromatic nitrogens is 4. The van der Waals surface area contributed by atoms with Crippen LogP contribution in [0.5, 0.6) is 0 Å². The van der Waals surface area contributed by atoms with Gasteiger partial charge in [-0.25, -0.2) is 9.97 Å². The van der Waals surface area contributed by atoms with Gasteiger partial charge in [-0.15, -0.1) is 0 Å². The smallest absolute Gasteiger partial charge is 0.0658 e. The quantitative estimate of drug-likeness (QED) is 0.348. The van der Waals surface area contributed by atoms with E-state index >= 15 is 0 Å². The molecule has 1 aliphatic carbocycles. The summed E-state index contributed by atoms with van der Waals surface area (Å²) >= 11 is 0. The largest absolute Gasteiger partial charge is 0.355 e. The normalized spacial score (nSPS) is 16.3. The van der Waals surface area contributed by atoms with Crippen LogP contribution in [0, 0.1) is 0 Å². The number of nitrogens with zero attached hydrogens (tertiary/aromatic N) is 3. The van der Waals surface area contributed by atoms with Crippen LogP contribution in [0.2, 0.25) is 0 Å². The van der Waals surface area contributed by atoms with E-state index in [-0.39, 0.29) is 0 Å². The van der Waals surface area contributed by atoms with E-state index in [9.17, 15) is 0 Å². The molecule has 3 aliphatic rings. The van der Waals surface area contributed by atoms with Crippen molar-refractivity contribution in [1.29, 1.82) is 0 Å². The Morgan fingerprint density at radius 1 is 0.633 bits per heavy atom. The van der Waals surface area contributed by atoms with Gasteiger partial charge in [0, 0.05) is 28.1 Å². The van der Waals surface area contributed by atoms with E-state index in [1.807, 2.05) is 0 Å². The third-order valence-electron chi connectivity index (χ3n) is 6.22. The molecule has 0 aromatic carbocycles. The minimum atomic E-state index is 0.544. The van der Waals surface area contributed by atoms with Gasteiger partial charge in [0.2, 0.25) is 0 Å². The molecule has 3 aromatic heterocycles. The summed E-state index contributed by atoms with van der Waals surface area (Å²) in [5.41, 5.74) is 8.49. The monoisotopic (exact) mass is 392 g/mol. The second-order valence-corrected chi connectivity index (χ2v) is 8.38. The maximum absolute atomic E-state index is 4.83. The maximum Gasteiger partial charge on any atom is 0.0658 e. The first-order valence-corrected chi connectivity index (χ1v) is 10.9. The Hall–Kier alpha value is -3.40. The SMILES string of the molecule is C1=Cc2cc3ccc(cc4nc(cc5ccc(cc1n2)[nH]5)C=C4)n3C1CCCCC1. The average Bonchev–Trinajstić information content (AvgIpc) is 3.54. The number of rotatable bonds is 1. The van der Waals surface area contributed by atoms with Crippen molar-refractivity contribution >= 4 is 46.4 Å². The Morgan fingerprint density at radius 2 is 1.13 bits per heavy atom. The number of aromatic amines is 1. The highest BCUT2D eigenvalue weighted by atomic mass is 15.0. The summed E-state index contributed by atoms with van der Waals surface area (Å²) in [7, 11) is 0. The lowest BCUT2D eigenvalue weighted by atomic mass is 9.95. The second kappa shape index (κ2) is 7.13. The van der Waals surface area contributed by atoms with Crippen molar-refractivity contribution in [1.82, 2.24) is 19.5 Å². The van der Waals surface area contributed by atoms with Crippen LogP contribution in [0.25, 0.3) is 46.4 Å². The summed E-state index contributed by atoms with van der Waals surface area (Å²) in [6.07, 6.45) is 14.8. The molecule has 1 N–H and O–H groups in total. The Labute approximate surface area is 175 Å². The zero-order chi connectivity index (χ0) is 19.9. The fourth-order valence-corrected chi connectivity index (χ4v) is 4.81. The molecule has 2 aliphatic heterocycles. The second-order valence-electron chi connectivity index (χ2n) is 8.38. The molecule has 3 aromatic rings. The van der Waals surface area contributed by atoms with Crippen LogP contribution in [0.1, 0.15) is 60.9 Å². The number of hydrogen-bond acceptors (Lipinski definition) is 2. The van der Waals surface area contributed by atoms with Crippen molar-refractivity contribution in [3.63, 3.8) is 0 Å². The summed E-state index contributed by atoms with van der Waals surface area (Å²) in [6, 6.07) is 17.8. The van der Waals surface area contributed by atoms with Crippen LogP contribution in [-0.2, 0) is 0 Å². The van der Waals surface area contributed by atoms with Crippen LogP contribution in [0.3, 0.4) is 0 Å². The van der Waals surface area contributed by atoms with E-state index in [2.05, 4.69) is 82.4 Å². The summed E-state index contributed by atoms with van der Waals surface area (Å²) in [5.74, 6) is 0. The Morgan fingerprint density at radius 3 is 1.67 bits per heavy atom. The van der Waals surface area contributed by atoms with Gasteiger partial charge >= 0.3 is 0 Å². The minimum Gasteiger partial charge on any atom is -0.355 e. The Bertz CT molecular complexity index is 1240. The van der Waals surface area contributed by atoms with E-state index in [0.29, 0.717) is 6.04 Å². The van der Waals surface area contributed by atoms with Crippen molar-refractivity contribution in [3.8, 4) is 0 Å². The van der Waals surface area contributed by atoms with E-state index < -0.39 is 0 Å². The van der Waals surface area contributed by atoms with Crippen molar-refractivity contribution in [2.24, 2.45) is 0 Å². The Kier molecular flexibility index (Phi) is 4.15. The molecule has 1 saturated carbocycles. The van der Waals surface area contributed by atoms with Crippen LogP contribution < -0.4 is 0 Å². The summed E-state index contributed by atoms with van der Waals surface area (Å²) in [6.45, 7) is 0. The molecule has 0 saturated heterocycles. The molecular weight excluding hydrogens is 368 g/mol. The van der Waals surface area contributed by atoms with Gasteiger partial charge in [0.1, 0.15) is 0 Å². The molecule has 0 unspecified atom stereocenters. The van der Waals surface area contributed by atoms with Crippen molar-refractivity contribution in [2.75, 3.05) is 0 Å². The molecule has 1 fully saturated rings. The first kappa shape index (κ1) is 17.5. The molecule has 4 nitrogen and oxygen atoms in total. The maximum atomic E-state index is 4.83. The molecule has 0 amide bonds.